The summed E-state index contributed by atoms with van der Waals surface area (Å²) < 4.78 is 12.0. The Kier molecular flexibility index (Phi) is 8.00. The van der Waals surface area contributed by atoms with Crippen LogP contribution >= 0.6 is 15.9 Å². The Balaban J connectivity index is 2.06. The number of fused-ring (bicyclic) bond motifs is 1. The van der Waals surface area contributed by atoms with Gasteiger partial charge in [-0.15, -0.1) is 0 Å². The van der Waals surface area contributed by atoms with E-state index in [0.29, 0.717) is 6.54 Å². The van der Waals surface area contributed by atoms with E-state index in [1.54, 1.807) is 14.2 Å². The van der Waals surface area contributed by atoms with Crippen molar-refractivity contribution in [3.8, 4) is 11.5 Å². The number of hydrogen-bond acceptors (Lipinski definition) is 4. The van der Waals surface area contributed by atoms with E-state index < -0.39 is 0 Å². The molecular formula is C25H33BrN2O3. The third kappa shape index (κ3) is 4.90. The number of rotatable bonds is 8. The topological polar surface area (TPSA) is 42.0 Å². The van der Waals surface area contributed by atoms with Gasteiger partial charge in [-0.25, -0.2) is 0 Å². The summed E-state index contributed by atoms with van der Waals surface area (Å²) in [4.78, 5) is 18.0. The minimum Gasteiger partial charge on any atom is -0.497 e. The lowest BCUT2D eigenvalue weighted by Gasteiger charge is -2.29. The monoisotopic (exact) mass is 488 g/mol. The highest BCUT2D eigenvalue weighted by Gasteiger charge is 2.36. The summed E-state index contributed by atoms with van der Waals surface area (Å²) in [5, 5.41) is 0. The molecule has 1 aliphatic rings. The van der Waals surface area contributed by atoms with E-state index in [-0.39, 0.29) is 17.7 Å². The Bertz CT molecular complexity index is 896. The number of carbonyl (C=O) groups excluding carboxylic acids is 1. The maximum absolute atomic E-state index is 13.7. The molecule has 31 heavy (non-hydrogen) atoms. The second-order valence-corrected chi connectivity index (χ2v) is 8.82. The SMILES string of the molecule is CCN(CC)CCN1C(=O)[C@H](C)[C@H](c2ccc(OC)cc2)Cc2c1ccc(Br)c2OC. The van der Waals surface area contributed by atoms with Gasteiger partial charge in [0.1, 0.15) is 11.5 Å². The van der Waals surface area contributed by atoms with Crippen molar-refractivity contribution in [2.75, 3.05) is 45.3 Å². The highest BCUT2D eigenvalue weighted by molar-refractivity contribution is 9.10. The Hall–Kier alpha value is -2.05. The molecule has 1 heterocycles. The van der Waals surface area contributed by atoms with Gasteiger partial charge < -0.3 is 19.3 Å². The number of amides is 1. The second-order valence-electron chi connectivity index (χ2n) is 7.97. The van der Waals surface area contributed by atoms with E-state index in [0.717, 1.165) is 58.8 Å². The Morgan fingerprint density at radius 2 is 1.74 bits per heavy atom. The number of nitrogens with zero attached hydrogens (tertiary/aromatic N) is 2. The molecule has 0 fully saturated rings. The van der Waals surface area contributed by atoms with Crippen molar-refractivity contribution in [1.82, 2.24) is 4.90 Å². The van der Waals surface area contributed by atoms with Crippen molar-refractivity contribution in [2.45, 2.75) is 33.1 Å². The fourth-order valence-electron chi connectivity index (χ4n) is 4.46. The van der Waals surface area contributed by atoms with E-state index >= 15 is 0 Å². The first-order chi connectivity index (χ1) is 14.9. The lowest BCUT2D eigenvalue weighted by atomic mass is 9.82. The zero-order chi connectivity index (χ0) is 22.5. The molecule has 0 bridgehead atoms. The summed E-state index contributed by atoms with van der Waals surface area (Å²) >= 11 is 3.64. The molecule has 0 spiro atoms. The zero-order valence-corrected chi connectivity index (χ0v) is 20.7. The lowest BCUT2D eigenvalue weighted by molar-refractivity contribution is -0.122. The van der Waals surface area contributed by atoms with Gasteiger partial charge in [-0.05, 0) is 71.2 Å². The number of benzene rings is 2. The zero-order valence-electron chi connectivity index (χ0n) is 19.2. The molecule has 2 atom stereocenters. The number of carbonyl (C=O) groups is 1. The first-order valence-corrected chi connectivity index (χ1v) is 11.8. The van der Waals surface area contributed by atoms with Crippen LogP contribution < -0.4 is 14.4 Å². The van der Waals surface area contributed by atoms with Gasteiger partial charge in [0.05, 0.1) is 24.4 Å². The summed E-state index contributed by atoms with van der Waals surface area (Å²) in [6.45, 7) is 9.82. The Morgan fingerprint density at radius 1 is 1.06 bits per heavy atom. The molecule has 0 aromatic heterocycles. The van der Waals surface area contributed by atoms with Crippen molar-refractivity contribution in [3.63, 3.8) is 0 Å². The van der Waals surface area contributed by atoms with Gasteiger partial charge in [-0.3, -0.25) is 4.79 Å². The van der Waals surface area contributed by atoms with Crippen LogP contribution in [0.4, 0.5) is 5.69 Å². The third-order valence-electron chi connectivity index (χ3n) is 6.44. The second kappa shape index (κ2) is 10.5. The van der Waals surface area contributed by atoms with Crippen LogP contribution in [-0.4, -0.2) is 51.2 Å². The minimum absolute atomic E-state index is 0.0545. The molecule has 3 rings (SSSR count). The van der Waals surface area contributed by atoms with Gasteiger partial charge in [0, 0.05) is 24.6 Å². The number of methoxy groups -OCH3 is 2. The largest absolute Gasteiger partial charge is 0.497 e. The van der Waals surface area contributed by atoms with E-state index in [9.17, 15) is 4.79 Å². The molecule has 1 amide bonds. The number of hydrogen-bond donors (Lipinski definition) is 0. The molecule has 1 aliphatic heterocycles. The summed E-state index contributed by atoms with van der Waals surface area (Å²) in [7, 11) is 3.36. The average molecular weight is 489 g/mol. The Labute approximate surface area is 194 Å². The first-order valence-electron chi connectivity index (χ1n) is 11.0. The van der Waals surface area contributed by atoms with E-state index in [1.165, 1.54) is 0 Å². The van der Waals surface area contributed by atoms with Gasteiger partial charge in [-0.2, -0.15) is 0 Å². The molecule has 0 aliphatic carbocycles. The van der Waals surface area contributed by atoms with Gasteiger partial charge in [0.25, 0.3) is 0 Å². The normalized spacial score (nSPS) is 18.7. The lowest BCUT2D eigenvalue weighted by Crippen LogP contribution is -2.41. The van der Waals surface area contributed by atoms with Crippen LogP contribution in [0.25, 0.3) is 0 Å². The first kappa shape index (κ1) is 23.6. The summed E-state index contributed by atoms with van der Waals surface area (Å²) in [5.41, 5.74) is 3.18. The minimum atomic E-state index is -0.152. The predicted molar refractivity (Wildman–Crippen MR) is 129 cm³/mol. The number of halogens is 1. The van der Waals surface area contributed by atoms with Crippen molar-refractivity contribution in [1.29, 1.82) is 0 Å². The van der Waals surface area contributed by atoms with Crippen LogP contribution in [-0.2, 0) is 11.2 Å². The summed E-state index contributed by atoms with van der Waals surface area (Å²) in [6, 6.07) is 12.1. The Morgan fingerprint density at radius 3 is 2.32 bits per heavy atom. The third-order valence-corrected chi connectivity index (χ3v) is 7.07. The molecule has 0 N–H and O–H groups in total. The molecule has 5 nitrogen and oxygen atoms in total. The molecule has 0 saturated carbocycles. The maximum Gasteiger partial charge on any atom is 0.230 e. The van der Waals surface area contributed by atoms with Crippen LogP contribution in [0.1, 0.15) is 37.8 Å². The summed E-state index contributed by atoms with van der Waals surface area (Å²) in [5.74, 6) is 1.69. The molecule has 2 aromatic rings. The molecule has 0 saturated heterocycles. The fourth-order valence-corrected chi connectivity index (χ4v) is 5.00. The van der Waals surface area contributed by atoms with Gasteiger partial charge in [-0.1, -0.05) is 32.9 Å². The van der Waals surface area contributed by atoms with Gasteiger partial charge >= 0.3 is 0 Å². The predicted octanol–water partition coefficient (Wildman–Crippen LogP) is 5.12. The highest BCUT2D eigenvalue weighted by atomic mass is 79.9. The van der Waals surface area contributed by atoms with E-state index in [1.807, 2.05) is 29.2 Å². The van der Waals surface area contributed by atoms with E-state index in [2.05, 4.69) is 53.7 Å². The standard InChI is InChI=1S/C25H33BrN2O3/c1-6-27(7-2)14-15-28-23-13-12-22(26)24(31-5)21(23)16-20(17(3)25(28)29)18-8-10-19(30-4)11-9-18/h8-13,17,20H,6-7,14-16H2,1-5H3/t17-,20-/m1/s1. The van der Waals surface area contributed by atoms with Crippen molar-refractivity contribution < 1.29 is 14.3 Å². The van der Waals surface area contributed by atoms with Gasteiger partial charge in [0.15, 0.2) is 0 Å². The number of likely N-dealkylation sites (N-methyl/N-ethyl adjacent to an activating group) is 1. The fraction of sp³-hybridized carbons (Fsp3) is 0.480. The molecular weight excluding hydrogens is 456 g/mol. The van der Waals surface area contributed by atoms with E-state index in [4.69, 9.17) is 9.47 Å². The van der Waals surface area contributed by atoms with Crippen LogP contribution in [0, 0.1) is 5.92 Å². The number of anilines is 1. The highest BCUT2D eigenvalue weighted by Crippen LogP contribution is 2.44. The number of ether oxygens (including phenoxy) is 2. The van der Waals surface area contributed by atoms with Gasteiger partial charge in [0.2, 0.25) is 5.91 Å². The van der Waals surface area contributed by atoms with Crippen LogP contribution in [0.15, 0.2) is 40.9 Å². The maximum atomic E-state index is 13.7. The molecule has 0 unspecified atom stereocenters. The van der Waals surface area contributed by atoms with Crippen LogP contribution in [0.2, 0.25) is 0 Å². The molecule has 6 heteroatoms. The molecule has 168 valence electrons. The molecule has 2 aromatic carbocycles. The van der Waals surface area contributed by atoms with Crippen LogP contribution in [0.5, 0.6) is 11.5 Å². The smallest absolute Gasteiger partial charge is 0.230 e. The van der Waals surface area contributed by atoms with Crippen molar-refractivity contribution in [2.24, 2.45) is 5.92 Å². The van der Waals surface area contributed by atoms with Crippen LogP contribution in [0.3, 0.4) is 0 Å². The quantitative estimate of drug-likeness (QED) is 0.517. The van der Waals surface area contributed by atoms with Crippen molar-refractivity contribution >= 4 is 27.5 Å². The average Bonchev–Trinajstić information content (AvgIpc) is 2.90. The van der Waals surface area contributed by atoms with Crippen molar-refractivity contribution in [3.05, 3.63) is 52.0 Å². The summed E-state index contributed by atoms with van der Waals surface area (Å²) in [6.07, 6.45) is 0.735. The molecule has 0 radical (unpaired) electrons.